The lowest BCUT2D eigenvalue weighted by Gasteiger charge is -2.33. The Morgan fingerprint density at radius 3 is 2.31 bits per heavy atom. The molecule has 1 aliphatic heterocycles. The number of nitro groups is 1. The molecule has 0 amide bonds. The van der Waals surface area contributed by atoms with Crippen LogP contribution in [0, 0.1) is 24.0 Å². The van der Waals surface area contributed by atoms with Crippen LogP contribution in [0.2, 0.25) is 0 Å². The van der Waals surface area contributed by atoms with Crippen LogP contribution in [0.4, 0.5) is 5.69 Å². The Hall–Kier alpha value is -2.56. The third kappa shape index (κ3) is 4.09. The first kappa shape index (κ1) is 21.2. The van der Waals surface area contributed by atoms with Crippen molar-refractivity contribution in [2.45, 2.75) is 18.7 Å². The number of piperazine rings is 1. The minimum Gasteiger partial charge on any atom is -0.351 e. The number of sulfonamides is 1. The average Bonchev–Trinajstić information content (AvgIpc) is 2.96. The van der Waals surface area contributed by atoms with E-state index in [1.807, 2.05) is 36.4 Å². The highest BCUT2D eigenvalue weighted by Gasteiger charge is 2.34. The van der Waals surface area contributed by atoms with E-state index in [9.17, 15) is 23.3 Å². The fraction of sp³-hybridized carbons (Fsp3) is 0.421. The van der Waals surface area contributed by atoms with Gasteiger partial charge in [0.15, 0.2) is 10.7 Å². The van der Waals surface area contributed by atoms with E-state index < -0.39 is 20.6 Å². The summed E-state index contributed by atoms with van der Waals surface area (Å²) in [6, 6.07) is 7.22. The Morgan fingerprint density at radius 1 is 1.14 bits per heavy atom. The summed E-state index contributed by atoms with van der Waals surface area (Å²) in [7, 11) is -2.06. The third-order valence-electron chi connectivity index (χ3n) is 5.45. The Labute approximate surface area is 169 Å². The summed E-state index contributed by atoms with van der Waals surface area (Å²) >= 11 is 0. The number of hydrogen-bond acceptors (Lipinski definition) is 6. The molecule has 2 heterocycles. The molecule has 1 aliphatic rings. The van der Waals surface area contributed by atoms with Crippen molar-refractivity contribution in [3.63, 3.8) is 0 Å². The molecule has 0 unspecified atom stereocenters. The van der Waals surface area contributed by atoms with Gasteiger partial charge in [-0.15, -0.1) is 0 Å². The lowest BCUT2D eigenvalue weighted by atomic mass is 10.1. The van der Waals surface area contributed by atoms with E-state index in [4.69, 9.17) is 0 Å². The molecule has 1 fully saturated rings. The van der Waals surface area contributed by atoms with Gasteiger partial charge >= 0.3 is 0 Å². The molecule has 0 bridgehead atoms. The summed E-state index contributed by atoms with van der Waals surface area (Å²) < 4.78 is 29.0. The zero-order chi connectivity index (χ0) is 21.3. The van der Waals surface area contributed by atoms with Gasteiger partial charge in [-0.2, -0.15) is 4.31 Å². The van der Waals surface area contributed by atoms with E-state index in [0.29, 0.717) is 18.7 Å². The number of aromatic nitrogens is 1. The monoisotopic (exact) mass is 420 g/mol. The number of Topliss-reactive ketones (excluding diaryl/α,β-unsaturated/α-hetero) is 1. The molecule has 0 atom stereocenters. The van der Waals surface area contributed by atoms with E-state index in [2.05, 4.69) is 0 Å². The normalized spacial score (nSPS) is 16.1. The zero-order valence-corrected chi connectivity index (χ0v) is 17.5. The number of ketones is 1. The minimum absolute atomic E-state index is 0.00112. The van der Waals surface area contributed by atoms with Crippen molar-refractivity contribution in [3.8, 4) is 0 Å². The molecule has 0 N–H and O–H groups in total. The Morgan fingerprint density at radius 2 is 1.76 bits per heavy atom. The number of aryl methyl sites for hydroxylation is 1. The number of carbonyl (C=O) groups is 1. The molecule has 3 rings (SSSR count). The summed E-state index contributed by atoms with van der Waals surface area (Å²) in [5, 5.41) is 11.2. The third-order valence-corrected chi connectivity index (χ3v) is 7.40. The van der Waals surface area contributed by atoms with Gasteiger partial charge in [-0.05, 0) is 26.0 Å². The van der Waals surface area contributed by atoms with Crippen LogP contribution < -0.4 is 0 Å². The molecule has 2 aromatic rings. The van der Waals surface area contributed by atoms with Crippen LogP contribution in [0.5, 0.6) is 0 Å². The topological polar surface area (TPSA) is 106 Å². The molecule has 10 heteroatoms. The predicted octanol–water partition coefficient (Wildman–Crippen LogP) is 1.74. The molecule has 0 spiro atoms. The van der Waals surface area contributed by atoms with E-state index in [1.165, 1.54) is 28.6 Å². The lowest BCUT2D eigenvalue weighted by Crippen LogP contribution is -2.49. The van der Waals surface area contributed by atoms with Crippen molar-refractivity contribution in [3.05, 3.63) is 57.4 Å². The van der Waals surface area contributed by atoms with Crippen LogP contribution in [0.1, 0.15) is 21.7 Å². The van der Waals surface area contributed by atoms with Gasteiger partial charge in [0.25, 0.3) is 5.69 Å². The molecule has 29 heavy (non-hydrogen) atoms. The van der Waals surface area contributed by atoms with Crippen LogP contribution in [-0.2, 0) is 17.1 Å². The van der Waals surface area contributed by atoms with Gasteiger partial charge in [0, 0.05) is 56.2 Å². The molecule has 9 nitrogen and oxygen atoms in total. The van der Waals surface area contributed by atoms with Crippen molar-refractivity contribution in [1.82, 2.24) is 13.8 Å². The molecule has 156 valence electrons. The molecule has 1 aromatic heterocycles. The van der Waals surface area contributed by atoms with Gasteiger partial charge < -0.3 is 4.57 Å². The van der Waals surface area contributed by atoms with Crippen molar-refractivity contribution in [2.75, 3.05) is 32.7 Å². The lowest BCUT2D eigenvalue weighted by molar-refractivity contribution is -0.387. The van der Waals surface area contributed by atoms with Crippen LogP contribution in [-0.4, -0.2) is 65.6 Å². The highest BCUT2D eigenvalue weighted by Crippen LogP contribution is 2.27. The van der Waals surface area contributed by atoms with Crippen LogP contribution in [0.15, 0.2) is 35.2 Å². The standard InChI is InChI=1S/C19H24N4O5S/c1-14-12-16(15(2)20(14)3)18(24)13-21-8-10-22(11-9-21)29(27,28)19-7-5-4-6-17(19)23(25)26/h4-7,12H,8-11,13H2,1-3H3. The Balaban J connectivity index is 1.68. The van der Waals surface area contributed by atoms with Crippen molar-refractivity contribution in [1.29, 1.82) is 0 Å². The highest BCUT2D eigenvalue weighted by molar-refractivity contribution is 7.89. The highest BCUT2D eigenvalue weighted by atomic mass is 32.2. The molecule has 0 aliphatic carbocycles. The Bertz CT molecular complexity index is 1050. The van der Waals surface area contributed by atoms with Gasteiger partial charge in [-0.3, -0.25) is 19.8 Å². The van der Waals surface area contributed by atoms with E-state index in [0.717, 1.165) is 11.4 Å². The van der Waals surface area contributed by atoms with Crippen molar-refractivity contribution < 1.29 is 18.1 Å². The Kier molecular flexibility index (Phi) is 5.87. The fourth-order valence-corrected chi connectivity index (χ4v) is 5.10. The fourth-order valence-electron chi connectivity index (χ4n) is 3.52. The van der Waals surface area contributed by atoms with Crippen molar-refractivity contribution >= 4 is 21.5 Å². The number of rotatable bonds is 6. The van der Waals surface area contributed by atoms with E-state index in [-0.39, 0.29) is 30.3 Å². The maximum absolute atomic E-state index is 12.9. The van der Waals surface area contributed by atoms with Crippen LogP contribution in [0.25, 0.3) is 0 Å². The number of hydrogen-bond donors (Lipinski definition) is 0. The summed E-state index contributed by atoms with van der Waals surface area (Å²) in [6.07, 6.45) is 0. The molecule has 1 saturated heterocycles. The van der Waals surface area contributed by atoms with Gasteiger partial charge in [-0.1, -0.05) is 12.1 Å². The number of carbonyl (C=O) groups excluding carboxylic acids is 1. The zero-order valence-electron chi connectivity index (χ0n) is 16.7. The quantitative estimate of drug-likeness (QED) is 0.400. The maximum Gasteiger partial charge on any atom is 0.289 e. The molecule has 1 aromatic carbocycles. The second kappa shape index (κ2) is 8.05. The molecular weight excluding hydrogens is 396 g/mol. The first-order valence-electron chi connectivity index (χ1n) is 9.25. The smallest absolute Gasteiger partial charge is 0.289 e. The van der Waals surface area contributed by atoms with Gasteiger partial charge in [0.2, 0.25) is 10.0 Å². The van der Waals surface area contributed by atoms with Crippen molar-refractivity contribution in [2.24, 2.45) is 7.05 Å². The second-order valence-corrected chi connectivity index (χ2v) is 9.08. The minimum atomic E-state index is -3.97. The average molecular weight is 420 g/mol. The second-order valence-electron chi connectivity index (χ2n) is 7.17. The summed E-state index contributed by atoms with van der Waals surface area (Å²) in [6.45, 7) is 5.17. The van der Waals surface area contributed by atoms with Crippen LogP contribution in [0.3, 0.4) is 0 Å². The predicted molar refractivity (Wildman–Crippen MR) is 108 cm³/mol. The van der Waals surface area contributed by atoms with Gasteiger partial charge in [-0.25, -0.2) is 8.42 Å². The maximum atomic E-state index is 12.9. The number of para-hydroxylation sites is 1. The number of nitro benzene ring substituents is 1. The molecule has 0 radical (unpaired) electrons. The van der Waals surface area contributed by atoms with Crippen LogP contribution >= 0.6 is 0 Å². The molecular formula is C19H24N4O5S. The van der Waals surface area contributed by atoms with E-state index >= 15 is 0 Å². The van der Waals surface area contributed by atoms with Gasteiger partial charge in [0.05, 0.1) is 11.5 Å². The number of benzene rings is 1. The molecule has 0 saturated carbocycles. The van der Waals surface area contributed by atoms with Gasteiger partial charge in [0.1, 0.15) is 0 Å². The largest absolute Gasteiger partial charge is 0.351 e. The summed E-state index contributed by atoms with van der Waals surface area (Å²) in [5.74, 6) is 0.00112. The summed E-state index contributed by atoms with van der Waals surface area (Å²) in [4.78, 5) is 24.8. The summed E-state index contributed by atoms with van der Waals surface area (Å²) in [5.41, 5.74) is 2.16. The first-order chi connectivity index (χ1) is 13.6. The van der Waals surface area contributed by atoms with E-state index in [1.54, 1.807) is 0 Å². The first-order valence-corrected chi connectivity index (χ1v) is 10.7. The number of nitrogens with zero attached hydrogens (tertiary/aromatic N) is 4. The SMILES string of the molecule is Cc1cc(C(=O)CN2CCN(S(=O)(=O)c3ccccc3[N+](=O)[O-])CC2)c(C)n1C.